The van der Waals surface area contributed by atoms with Crippen molar-refractivity contribution in [3.05, 3.63) is 31.9 Å². The highest BCUT2D eigenvalue weighted by atomic mass is 16.6. The first-order valence-electron chi connectivity index (χ1n) is 4.78. The Morgan fingerprint density at radius 2 is 1.94 bits per heavy atom. The standard InChI is InChI=1S/C9H11N3O6/c1-4(13)7-6(18-2)3-5(11(14)15)8(10)9(7)12(16)17/h3-4,13H,10H2,1-2H3. The zero-order valence-corrected chi connectivity index (χ0v) is 9.61. The minimum Gasteiger partial charge on any atom is -0.496 e. The second-order valence-electron chi connectivity index (χ2n) is 3.46. The zero-order chi connectivity index (χ0) is 14.0. The van der Waals surface area contributed by atoms with Crippen LogP contribution in [-0.2, 0) is 0 Å². The summed E-state index contributed by atoms with van der Waals surface area (Å²) in [6, 6.07) is 0.949. The number of benzene rings is 1. The van der Waals surface area contributed by atoms with Crippen LogP contribution in [0.5, 0.6) is 5.75 Å². The highest BCUT2D eigenvalue weighted by Gasteiger charge is 2.32. The smallest absolute Gasteiger partial charge is 0.308 e. The van der Waals surface area contributed by atoms with E-state index in [4.69, 9.17) is 10.5 Å². The molecule has 0 aliphatic carbocycles. The SMILES string of the molecule is COc1cc([N+](=O)[O-])c(N)c([N+](=O)[O-])c1C(C)O. The van der Waals surface area contributed by atoms with Gasteiger partial charge in [-0.1, -0.05) is 0 Å². The molecule has 9 heteroatoms. The molecular formula is C9H11N3O6. The Balaban J connectivity index is 3.76. The molecule has 0 heterocycles. The number of rotatable bonds is 4. The van der Waals surface area contributed by atoms with Crippen molar-refractivity contribution in [3.63, 3.8) is 0 Å². The molecule has 0 bridgehead atoms. The van der Waals surface area contributed by atoms with Gasteiger partial charge in [-0.05, 0) is 6.92 Å². The summed E-state index contributed by atoms with van der Waals surface area (Å²) in [7, 11) is 1.19. The van der Waals surface area contributed by atoms with Gasteiger partial charge in [-0.2, -0.15) is 0 Å². The maximum Gasteiger partial charge on any atom is 0.308 e. The summed E-state index contributed by atoms with van der Waals surface area (Å²) in [4.78, 5) is 19.9. The molecule has 18 heavy (non-hydrogen) atoms. The van der Waals surface area contributed by atoms with Gasteiger partial charge >= 0.3 is 11.4 Å². The summed E-state index contributed by atoms with van der Waals surface area (Å²) >= 11 is 0. The van der Waals surface area contributed by atoms with Crippen LogP contribution in [0.4, 0.5) is 17.1 Å². The summed E-state index contributed by atoms with van der Waals surface area (Å²) in [6.45, 7) is 1.27. The van der Waals surface area contributed by atoms with E-state index in [1.807, 2.05) is 0 Å². The first-order valence-corrected chi connectivity index (χ1v) is 4.78. The normalized spacial score (nSPS) is 11.9. The fourth-order valence-electron chi connectivity index (χ4n) is 1.58. The second-order valence-corrected chi connectivity index (χ2v) is 3.46. The van der Waals surface area contributed by atoms with Gasteiger partial charge in [0.1, 0.15) is 11.3 Å². The van der Waals surface area contributed by atoms with Crippen LogP contribution in [0.25, 0.3) is 0 Å². The van der Waals surface area contributed by atoms with Gasteiger partial charge in [-0.25, -0.2) is 0 Å². The third-order valence-corrected chi connectivity index (χ3v) is 2.34. The molecule has 1 aromatic carbocycles. The third-order valence-electron chi connectivity index (χ3n) is 2.34. The largest absolute Gasteiger partial charge is 0.496 e. The van der Waals surface area contributed by atoms with Gasteiger partial charge in [0, 0.05) is 0 Å². The number of hydrogen-bond acceptors (Lipinski definition) is 7. The average molecular weight is 257 g/mol. The van der Waals surface area contributed by atoms with Gasteiger partial charge in [0.2, 0.25) is 0 Å². The molecule has 9 nitrogen and oxygen atoms in total. The number of ether oxygens (including phenoxy) is 1. The van der Waals surface area contributed by atoms with Crippen molar-refractivity contribution in [2.75, 3.05) is 12.8 Å². The van der Waals surface area contributed by atoms with Gasteiger partial charge < -0.3 is 15.6 Å². The van der Waals surface area contributed by atoms with Gasteiger partial charge in [0.05, 0.1) is 29.1 Å². The number of nitro benzene ring substituents is 2. The quantitative estimate of drug-likeness (QED) is 0.467. The Morgan fingerprint density at radius 1 is 1.39 bits per heavy atom. The summed E-state index contributed by atoms with van der Waals surface area (Å²) in [5, 5.41) is 31.2. The van der Waals surface area contributed by atoms with E-state index in [0.29, 0.717) is 0 Å². The van der Waals surface area contributed by atoms with E-state index >= 15 is 0 Å². The minimum atomic E-state index is -1.25. The maximum atomic E-state index is 10.9. The number of anilines is 1. The lowest BCUT2D eigenvalue weighted by Crippen LogP contribution is -2.08. The predicted octanol–water partition coefficient (Wildman–Crippen LogP) is 1.15. The maximum absolute atomic E-state index is 10.9. The van der Waals surface area contributed by atoms with Crippen molar-refractivity contribution < 1.29 is 19.7 Å². The van der Waals surface area contributed by atoms with E-state index in [2.05, 4.69) is 0 Å². The highest BCUT2D eigenvalue weighted by Crippen LogP contribution is 2.43. The number of nitrogens with two attached hydrogens (primary N) is 1. The number of nitrogen functional groups attached to an aromatic ring is 1. The van der Waals surface area contributed by atoms with E-state index in [9.17, 15) is 25.3 Å². The second kappa shape index (κ2) is 4.84. The van der Waals surface area contributed by atoms with E-state index in [1.165, 1.54) is 14.0 Å². The number of aliphatic hydroxyl groups excluding tert-OH is 1. The molecule has 0 spiro atoms. The Hall–Kier alpha value is -2.42. The molecular weight excluding hydrogens is 246 g/mol. The molecule has 0 aromatic heterocycles. The number of nitrogens with zero attached hydrogens (tertiary/aromatic N) is 2. The van der Waals surface area contributed by atoms with Gasteiger partial charge in [0.25, 0.3) is 0 Å². The van der Waals surface area contributed by atoms with Crippen molar-refractivity contribution in [3.8, 4) is 5.75 Å². The lowest BCUT2D eigenvalue weighted by molar-refractivity contribution is -0.393. The van der Waals surface area contributed by atoms with Crippen LogP contribution in [0.2, 0.25) is 0 Å². The minimum absolute atomic E-state index is 0.155. The molecule has 0 amide bonds. The fourth-order valence-corrected chi connectivity index (χ4v) is 1.58. The summed E-state index contributed by atoms with van der Waals surface area (Å²) in [5.74, 6) is -0.155. The summed E-state index contributed by atoms with van der Waals surface area (Å²) in [5.41, 5.74) is 3.25. The average Bonchev–Trinajstić information content (AvgIpc) is 2.26. The lowest BCUT2D eigenvalue weighted by Gasteiger charge is -2.12. The van der Waals surface area contributed by atoms with Gasteiger partial charge in [0.15, 0.2) is 5.69 Å². The van der Waals surface area contributed by atoms with E-state index in [0.717, 1.165) is 6.07 Å². The van der Waals surface area contributed by atoms with Gasteiger partial charge in [-0.15, -0.1) is 0 Å². The van der Waals surface area contributed by atoms with Crippen LogP contribution < -0.4 is 10.5 Å². The Bertz CT molecular complexity index is 514. The molecule has 0 saturated carbocycles. The van der Waals surface area contributed by atoms with Crippen molar-refractivity contribution >= 4 is 17.1 Å². The van der Waals surface area contributed by atoms with E-state index < -0.39 is 33.0 Å². The molecule has 0 radical (unpaired) electrons. The van der Waals surface area contributed by atoms with Crippen molar-refractivity contribution in [1.29, 1.82) is 0 Å². The Labute approximate surface area is 101 Å². The van der Waals surface area contributed by atoms with Crippen LogP contribution >= 0.6 is 0 Å². The molecule has 1 aromatic rings. The number of aliphatic hydroxyl groups is 1. The third kappa shape index (κ3) is 2.15. The monoisotopic (exact) mass is 257 g/mol. The summed E-state index contributed by atoms with van der Waals surface area (Å²) in [6.07, 6.45) is -1.25. The first-order chi connectivity index (χ1) is 8.31. The Kier molecular flexibility index (Phi) is 3.67. The van der Waals surface area contributed by atoms with Crippen LogP contribution in [-0.4, -0.2) is 22.1 Å². The lowest BCUT2D eigenvalue weighted by atomic mass is 10.0. The van der Waals surface area contributed by atoms with Crippen LogP contribution in [0.1, 0.15) is 18.6 Å². The molecule has 98 valence electrons. The van der Waals surface area contributed by atoms with Crippen LogP contribution in [0.15, 0.2) is 6.07 Å². The van der Waals surface area contributed by atoms with E-state index in [-0.39, 0.29) is 11.3 Å². The highest BCUT2D eigenvalue weighted by molar-refractivity contribution is 5.77. The number of methoxy groups -OCH3 is 1. The van der Waals surface area contributed by atoms with Crippen LogP contribution in [0.3, 0.4) is 0 Å². The first kappa shape index (κ1) is 13.6. The molecule has 3 N–H and O–H groups in total. The molecule has 0 aliphatic rings. The summed E-state index contributed by atoms with van der Waals surface area (Å²) < 4.78 is 4.82. The van der Waals surface area contributed by atoms with Gasteiger partial charge in [-0.3, -0.25) is 20.2 Å². The fraction of sp³-hybridized carbons (Fsp3) is 0.333. The molecule has 0 fully saturated rings. The molecule has 0 aliphatic heterocycles. The Morgan fingerprint density at radius 3 is 2.28 bits per heavy atom. The van der Waals surface area contributed by atoms with E-state index in [1.54, 1.807) is 0 Å². The van der Waals surface area contributed by atoms with Crippen molar-refractivity contribution in [2.45, 2.75) is 13.0 Å². The molecule has 1 unspecified atom stereocenters. The topological polar surface area (TPSA) is 142 Å². The number of hydrogen-bond donors (Lipinski definition) is 2. The molecule has 1 rings (SSSR count). The molecule has 1 atom stereocenters. The van der Waals surface area contributed by atoms with Crippen molar-refractivity contribution in [1.82, 2.24) is 0 Å². The number of nitro groups is 2. The van der Waals surface area contributed by atoms with Crippen molar-refractivity contribution in [2.24, 2.45) is 0 Å². The molecule has 0 saturated heterocycles. The zero-order valence-electron chi connectivity index (χ0n) is 9.61. The van der Waals surface area contributed by atoms with Crippen LogP contribution in [0, 0.1) is 20.2 Å². The predicted molar refractivity (Wildman–Crippen MR) is 61.3 cm³/mol.